The Morgan fingerprint density at radius 1 is 1.14 bits per heavy atom. The number of hydrogen-bond acceptors (Lipinski definition) is 2. The molecular formula is C27H44O2. The third-order valence-corrected chi connectivity index (χ3v) is 8.43. The predicted octanol–water partition coefficient (Wildman–Crippen LogP) is 6.59. The standard InChI is InChI=1S/C27H44O2/c1-18(2)8-6-9-19(3)24-13-14-25-21(10-7-15-27(24,25)5)11-12-22-16-23(28)17-26(29)20(22)4/h11-12,18-19,23-26,28-29H,4,6-10,13-17H2,1-3,5H3/t19-,23-,24-,25?,26?,27-/m1/s1. The number of rotatable bonds is 6. The van der Waals surface area contributed by atoms with Gasteiger partial charge in [0.05, 0.1) is 12.2 Å². The van der Waals surface area contributed by atoms with Gasteiger partial charge in [-0.15, -0.1) is 0 Å². The first-order valence-corrected chi connectivity index (χ1v) is 12.2. The van der Waals surface area contributed by atoms with E-state index in [1.807, 2.05) is 0 Å². The zero-order valence-corrected chi connectivity index (χ0v) is 19.3. The molecule has 0 saturated heterocycles. The minimum absolute atomic E-state index is 0.420. The van der Waals surface area contributed by atoms with E-state index < -0.39 is 12.2 Å². The first-order chi connectivity index (χ1) is 13.7. The third-order valence-electron chi connectivity index (χ3n) is 8.43. The molecule has 0 spiro atoms. The predicted molar refractivity (Wildman–Crippen MR) is 123 cm³/mol. The van der Waals surface area contributed by atoms with Crippen LogP contribution in [0.15, 0.2) is 35.5 Å². The lowest BCUT2D eigenvalue weighted by molar-refractivity contribution is 0.0861. The smallest absolute Gasteiger partial charge is 0.0811 e. The van der Waals surface area contributed by atoms with Gasteiger partial charge >= 0.3 is 0 Å². The SMILES string of the molecule is C=C1C(=CC=C2CCC[C@@]3(C)C2CC[C@@H]3[C@H](C)CCCC(C)C)C[C@@H](O)CC1O. The van der Waals surface area contributed by atoms with E-state index in [1.165, 1.54) is 51.4 Å². The molecule has 3 aliphatic rings. The van der Waals surface area contributed by atoms with Crippen molar-refractivity contribution in [3.05, 3.63) is 35.5 Å². The van der Waals surface area contributed by atoms with E-state index in [9.17, 15) is 10.2 Å². The van der Waals surface area contributed by atoms with Crippen LogP contribution in [0.5, 0.6) is 0 Å². The zero-order chi connectivity index (χ0) is 21.2. The molecule has 2 N–H and O–H groups in total. The van der Waals surface area contributed by atoms with Gasteiger partial charge in [0, 0.05) is 6.42 Å². The molecule has 0 bridgehead atoms. The minimum Gasteiger partial charge on any atom is -0.393 e. The fourth-order valence-electron chi connectivity index (χ4n) is 6.73. The Hall–Kier alpha value is -0.860. The number of hydrogen-bond donors (Lipinski definition) is 2. The molecule has 0 aromatic carbocycles. The van der Waals surface area contributed by atoms with Crippen molar-refractivity contribution in [1.82, 2.24) is 0 Å². The highest BCUT2D eigenvalue weighted by atomic mass is 16.3. The number of allylic oxidation sites excluding steroid dienone is 3. The Bertz CT molecular complexity index is 643. The second kappa shape index (κ2) is 9.52. The van der Waals surface area contributed by atoms with E-state index in [1.54, 1.807) is 5.57 Å². The van der Waals surface area contributed by atoms with Crippen LogP contribution < -0.4 is 0 Å². The van der Waals surface area contributed by atoms with Crippen LogP contribution in [-0.2, 0) is 0 Å². The molecule has 3 aliphatic carbocycles. The average molecular weight is 401 g/mol. The lowest BCUT2D eigenvalue weighted by Gasteiger charge is -2.44. The average Bonchev–Trinajstić information content (AvgIpc) is 3.00. The van der Waals surface area contributed by atoms with E-state index in [0.717, 1.165) is 28.9 Å². The molecule has 2 heteroatoms. The fourth-order valence-corrected chi connectivity index (χ4v) is 6.73. The summed E-state index contributed by atoms with van der Waals surface area (Å²) in [6.07, 6.45) is 15.2. The quantitative estimate of drug-likeness (QED) is 0.528. The molecule has 164 valence electrons. The molecule has 0 aromatic rings. The molecule has 29 heavy (non-hydrogen) atoms. The molecule has 2 unspecified atom stereocenters. The van der Waals surface area contributed by atoms with Crippen molar-refractivity contribution in [1.29, 1.82) is 0 Å². The van der Waals surface area contributed by atoms with Crippen LogP contribution in [0.1, 0.15) is 91.9 Å². The van der Waals surface area contributed by atoms with Gasteiger partial charge in [0.1, 0.15) is 0 Å². The Kier molecular flexibility index (Phi) is 7.49. The molecule has 3 rings (SSSR count). The van der Waals surface area contributed by atoms with E-state index in [2.05, 4.69) is 46.4 Å². The molecule has 0 heterocycles. The summed E-state index contributed by atoms with van der Waals surface area (Å²) in [7, 11) is 0. The van der Waals surface area contributed by atoms with Crippen molar-refractivity contribution in [2.45, 2.75) is 104 Å². The van der Waals surface area contributed by atoms with E-state index in [4.69, 9.17) is 0 Å². The van der Waals surface area contributed by atoms with Gasteiger partial charge < -0.3 is 10.2 Å². The molecule has 0 aromatic heterocycles. The molecule has 3 fully saturated rings. The molecule has 6 atom stereocenters. The Balaban J connectivity index is 1.71. The minimum atomic E-state index is -0.595. The van der Waals surface area contributed by atoms with Crippen LogP contribution in [0, 0.1) is 29.1 Å². The van der Waals surface area contributed by atoms with E-state index in [0.29, 0.717) is 24.2 Å². The van der Waals surface area contributed by atoms with Gasteiger partial charge in [-0.2, -0.15) is 0 Å². The molecule has 0 radical (unpaired) electrons. The summed E-state index contributed by atoms with van der Waals surface area (Å²) in [5.74, 6) is 3.20. The summed E-state index contributed by atoms with van der Waals surface area (Å²) in [4.78, 5) is 0. The Morgan fingerprint density at radius 2 is 1.90 bits per heavy atom. The fraction of sp³-hybridized carbons (Fsp3) is 0.778. The largest absolute Gasteiger partial charge is 0.393 e. The van der Waals surface area contributed by atoms with Crippen molar-refractivity contribution < 1.29 is 10.2 Å². The monoisotopic (exact) mass is 400 g/mol. The highest BCUT2D eigenvalue weighted by Gasteiger charge is 2.50. The first kappa shape index (κ1) is 22.8. The van der Waals surface area contributed by atoms with Crippen molar-refractivity contribution >= 4 is 0 Å². The molecular weight excluding hydrogens is 356 g/mol. The maximum Gasteiger partial charge on any atom is 0.0811 e. The first-order valence-electron chi connectivity index (χ1n) is 12.2. The number of aliphatic hydroxyl groups is 2. The molecule has 3 saturated carbocycles. The van der Waals surface area contributed by atoms with E-state index in [-0.39, 0.29) is 0 Å². The van der Waals surface area contributed by atoms with Crippen molar-refractivity contribution in [3.63, 3.8) is 0 Å². The van der Waals surface area contributed by atoms with E-state index >= 15 is 0 Å². The van der Waals surface area contributed by atoms with Crippen LogP contribution in [-0.4, -0.2) is 22.4 Å². The summed E-state index contributed by atoms with van der Waals surface area (Å²) in [6.45, 7) is 13.8. The van der Waals surface area contributed by atoms with Gasteiger partial charge in [0.15, 0.2) is 0 Å². The van der Waals surface area contributed by atoms with Gasteiger partial charge in [0.25, 0.3) is 0 Å². The summed E-state index contributed by atoms with van der Waals surface area (Å²) < 4.78 is 0. The maximum absolute atomic E-state index is 10.1. The third kappa shape index (κ3) is 5.07. The topological polar surface area (TPSA) is 40.5 Å². The second-order valence-corrected chi connectivity index (χ2v) is 11.0. The van der Waals surface area contributed by atoms with Gasteiger partial charge in [-0.05, 0) is 78.8 Å². The highest BCUT2D eigenvalue weighted by molar-refractivity contribution is 5.38. The normalized spacial score (nSPS) is 39.3. The van der Waals surface area contributed by atoms with Crippen molar-refractivity contribution in [3.8, 4) is 0 Å². The lowest BCUT2D eigenvalue weighted by atomic mass is 9.60. The zero-order valence-electron chi connectivity index (χ0n) is 19.3. The van der Waals surface area contributed by atoms with Gasteiger partial charge in [-0.3, -0.25) is 0 Å². The highest BCUT2D eigenvalue weighted by Crippen LogP contribution is 2.59. The van der Waals surface area contributed by atoms with Crippen LogP contribution in [0.3, 0.4) is 0 Å². The Morgan fingerprint density at radius 3 is 2.62 bits per heavy atom. The molecule has 2 nitrogen and oxygen atoms in total. The molecule has 0 amide bonds. The number of aliphatic hydroxyl groups excluding tert-OH is 2. The number of fused-ring (bicyclic) bond motifs is 1. The summed E-state index contributed by atoms with van der Waals surface area (Å²) in [5, 5.41) is 20.2. The summed E-state index contributed by atoms with van der Waals surface area (Å²) in [6, 6.07) is 0. The van der Waals surface area contributed by atoms with Crippen LogP contribution >= 0.6 is 0 Å². The van der Waals surface area contributed by atoms with Crippen LogP contribution in [0.2, 0.25) is 0 Å². The molecule has 0 aliphatic heterocycles. The summed E-state index contributed by atoms with van der Waals surface area (Å²) in [5.41, 5.74) is 3.88. The Labute approximate surface area is 179 Å². The van der Waals surface area contributed by atoms with Crippen molar-refractivity contribution in [2.75, 3.05) is 0 Å². The van der Waals surface area contributed by atoms with Crippen LogP contribution in [0.4, 0.5) is 0 Å². The lowest BCUT2D eigenvalue weighted by Crippen LogP contribution is -2.36. The van der Waals surface area contributed by atoms with Crippen LogP contribution in [0.25, 0.3) is 0 Å². The summed E-state index contributed by atoms with van der Waals surface area (Å²) >= 11 is 0. The van der Waals surface area contributed by atoms with Crippen molar-refractivity contribution in [2.24, 2.45) is 29.1 Å². The maximum atomic E-state index is 10.1. The van der Waals surface area contributed by atoms with Gasteiger partial charge in [0.2, 0.25) is 0 Å². The second-order valence-electron chi connectivity index (χ2n) is 11.0. The van der Waals surface area contributed by atoms with Gasteiger partial charge in [-0.25, -0.2) is 0 Å². The van der Waals surface area contributed by atoms with Gasteiger partial charge in [-0.1, -0.05) is 71.3 Å².